The molecule has 0 aliphatic rings. The van der Waals surface area contributed by atoms with Crippen molar-refractivity contribution >= 4 is 37.6 Å². The van der Waals surface area contributed by atoms with Gasteiger partial charge in [-0.05, 0) is 24.6 Å². The molecule has 1 unspecified atom stereocenters. The lowest BCUT2D eigenvalue weighted by Crippen LogP contribution is -2.08. The predicted octanol–water partition coefficient (Wildman–Crippen LogP) is 4.21. The van der Waals surface area contributed by atoms with Crippen LogP contribution in [0.3, 0.4) is 0 Å². The van der Waals surface area contributed by atoms with Gasteiger partial charge >= 0.3 is 6.61 Å². The molecule has 0 spiro atoms. The molecule has 0 aliphatic carbocycles. The number of hydrogen-bond acceptors (Lipinski definition) is 2. The number of halogens is 4. The molecule has 1 aromatic rings. The summed E-state index contributed by atoms with van der Waals surface area (Å²) in [5.41, 5.74) is 1.29. The number of rotatable bonds is 5. The zero-order chi connectivity index (χ0) is 13.0. The number of Topliss-reactive ketones (excluding diaryl/α,β-unsaturated/α-hetero) is 1. The van der Waals surface area contributed by atoms with Crippen molar-refractivity contribution in [3.63, 3.8) is 0 Å². The number of ether oxygens (including phenoxy) is 1. The van der Waals surface area contributed by atoms with Gasteiger partial charge in [-0.3, -0.25) is 4.79 Å². The van der Waals surface area contributed by atoms with E-state index in [-0.39, 0.29) is 11.5 Å². The molecule has 0 fully saturated rings. The van der Waals surface area contributed by atoms with E-state index < -0.39 is 11.4 Å². The fourth-order valence-electron chi connectivity index (χ4n) is 1.30. The number of ketones is 1. The molecule has 0 radical (unpaired) electrons. The molecule has 1 aromatic carbocycles. The second-order valence-electron chi connectivity index (χ2n) is 3.36. The van der Waals surface area contributed by atoms with E-state index in [1.165, 1.54) is 13.0 Å². The van der Waals surface area contributed by atoms with Crippen molar-refractivity contribution in [3.8, 4) is 5.75 Å². The number of benzene rings is 1. The molecular formula is C11H10Br2F2O2. The van der Waals surface area contributed by atoms with Crippen LogP contribution in [0.1, 0.15) is 22.9 Å². The van der Waals surface area contributed by atoms with E-state index in [0.717, 1.165) is 5.56 Å². The summed E-state index contributed by atoms with van der Waals surface area (Å²) in [5, 5.41) is 0.576. The first-order chi connectivity index (χ1) is 7.95. The van der Waals surface area contributed by atoms with E-state index in [0.29, 0.717) is 10.9 Å². The van der Waals surface area contributed by atoms with Crippen LogP contribution in [-0.4, -0.2) is 12.4 Å². The largest absolute Gasteiger partial charge is 0.434 e. The summed E-state index contributed by atoms with van der Waals surface area (Å²) < 4.78 is 28.8. The fourth-order valence-corrected chi connectivity index (χ4v) is 2.01. The first-order valence-corrected chi connectivity index (χ1v) is 6.77. The highest BCUT2D eigenvalue weighted by Gasteiger charge is 2.20. The highest BCUT2D eigenvalue weighted by Crippen LogP contribution is 2.34. The van der Waals surface area contributed by atoms with Gasteiger partial charge in [-0.1, -0.05) is 37.9 Å². The van der Waals surface area contributed by atoms with Gasteiger partial charge in [0.1, 0.15) is 16.4 Å². The summed E-state index contributed by atoms with van der Waals surface area (Å²) in [6, 6.07) is 4.76. The number of hydrogen-bond donors (Lipinski definition) is 0. The molecule has 0 heterocycles. The van der Waals surface area contributed by atoms with Gasteiger partial charge in [-0.25, -0.2) is 0 Å². The summed E-state index contributed by atoms with van der Waals surface area (Å²) in [4.78, 5) is 10.6. The van der Waals surface area contributed by atoms with Crippen molar-refractivity contribution in [2.45, 2.75) is 23.7 Å². The number of alkyl halides is 4. The first-order valence-electron chi connectivity index (χ1n) is 4.73. The Kier molecular flexibility index (Phi) is 5.52. The smallest absolute Gasteiger partial charge is 0.387 e. The van der Waals surface area contributed by atoms with Gasteiger partial charge in [-0.2, -0.15) is 8.78 Å². The Hall–Kier alpha value is -0.490. The molecule has 94 valence electrons. The monoisotopic (exact) mass is 370 g/mol. The summed E-state index contributed by atoms with van der Waals surface area (Å²) in [7, 11) is 0. The lowest BCUT2D eigenvalue weighted by molar-refractivity contribution is -0.116. The van der Waals surface area contributed by atoms with Gasteiger partial charge < -0.3 is 4.74 Å². The average molecular weight is 372 g/mol. The lowest BCUT2D eigenvalue weighted by atomic mass is 10.1. The maximum atomic E-state index is 12.2. The minimum Gasteiger partial charge on any atom is -0.434 e. The second-order valence-corrected chi connectivity index (χ2v) is 4.83. The normalized spacial score (nSPS) is 12.6. The number of carbonyl (C=O) groups is 1. The Morgan fingerprint density at radius 1 is 1.47 bits per heavy atom. The highest BCUT2D eigenvalue weighted by molar-refractivity contribution is 9.09. The Bertz CT molecular complexity index is 410. The minimum absolute atomic E-state index is 0.0155. The molecule has 1 rings (SSSR count). The van der Waals surface area contributed by atoms with Crippen LogP contribution in [0, 0.1) is 0 Å². The maximum absolute atomic E-state index is 12.2. The van der Waals surface area contributed by atoms with Gasteiger partial charge in [-0.15, -0.1) is 0 Å². The Morgan fingerprint density at radius 2 is 2.12 bits per heavy atom. The zero-order valence-corrected chi connectivity index (χ0v) is 12.1. The van der Waals surface area contributed by atoms with Crippen molar-refractivity contribution < 1.29 is 18.3 Å². The summed E-state index contributed by atoms with van der Waals surface area (Å²) in [5.74, 6) is -0.155. The van der Waals surface area contributed by atoms with E-state index in [1.807, 2.05) is 0 Å². The van der Waals surface area contributed by atoms with Crippen molar-refractivity contribution in [2.75, 3.05) is 0 Å². The molecule has 17 heavy (non-hydrogen) atoms. The summed E-state index contributed by atoms with van der Waals surface area (Å²) in [6.07, 6.45) is 0. The van der Waals surface area contributed by atoms with Gasteiger partial charge in [0, 0.05) is 10.9 Å². The molecule has 0 aliphatic heterocycles. The van der Waals surface area contributed by atoms with Crippen LogP contribution in [0.2, 0.25) is 0 Å². The number of carbonyl (C=O) groups excluding carboxylic acids is 1. The molecular weight excluding hydrogens is 362 g/mol. The van der Waals surface area contributed by atoms with Gasteiger partial charge in [0.2, 0.25) is 0 Å². The second kappa shape index (κ2) is 6.44. The standard InChI is InChI=1S/C11H10Br2F2O2/c1-6(16)10(13)8-4-7(5-12)2-3-9(8)17-11(14)15/h2-4,10-11H,5H2,1H3. The van der Waals surface area contributed by atoms with Crippen LogP contribution in [0.5, 0.6) is 5.75 Å². The van der Waals surface area contributed by atoms with Crippen molar-refractivity contribution in [1.29, 1.82) is 0 Å². The van der Waals surface area contributed by atoms with Crippen LogP contribution in [0.4, 0.5) is 8.78 Å². The topological polar surface area (TPSA) is 26.3 Å². The third kappa shape index (κ3) is 4.03. The molecule has 6 heteroatoms. The van der Waals surface area contributed by atoms with Crippen molar-refractivity contribution in [3.05, 3.63) is 29.3 Å². The van der Waals surface area contributed by atoms with Crippen LogP contribution < -0.4 is 4.74 Å². The fraction of sp³-hybridized carbons (Fsp3) is 0.364. The quantitative estimate of drug-likeness (QED) is 0.725. The Labute approximate surface area is 115 Å². The van der Waals surface area contributed by atoms with Crippen LogP contribution in [0.15, 0.2) is 18.2 Å². The SMILES string of the molecule is CC(=O)C(Br)c1cc(CBr)ccc1OC(F)F. The molecule has 0 amide bonds. The van der Waals surface area contributed by atoms with E-state index in [1.54, 1.807) is 12.1 Å². The van der Waals surface area contributed by atoms with Crippen LogP contribution >= 0.6 is 31.9 Å². The molecule has 2 nitrogen and oxygen atoms in total. The average Bonchev–Trinajstić information content (AvgIpc) is 2.27. The Balaban J connectivity index is 3.15. The molecule has 1 atom stereocenters. The Morgan fingerprint density at radius 3 is 2.59 bits per heavy atom. The van der Waals surface area contributed by atoms with E-state index in [4.69, 9.17) is 0 Å². The van der Waals surface area contributed by atoms with E-state index in [9.17, 15) is 13.6 Å². The van der Waals surface area contributed by atoms with Crippen molar-refractivity contribution in [1.82, 2.24) is 0 Å². The summed E-state index contributed by atoms with van der Waals surface area (Å²) in [6.45, 7) is -1.53. The minimum atomic E-state index is -2.91. The highest BCUT2D eigenvalue weighted by atomic mass is 79.9. The maximum Gasteiger partial charge on any atom is 0.387 e. The molecule has 0 bridgehead atoms. The van der Waals surface area contributed by atoms with Gasteiger partial charge in [0.05, 0.1) is 0 Å². The molecule has 0 saturated carbocycles. The molecule has 0 N–H and O–H groups in total. The van der Waals surface area contributed by atoms with Gasteiger partial charge in [0.25, 0.3) is 0 Å². The van der Waals surface area contributed by atoms with Crippen LogP contribution in [-0.2, 0) is 10.1 Å². The van der Waals surface area contributed by atoms with E-state index >= 15 is 0 Å². The third-order valence-electron chi connectivity index (χ3n) is 2.07. The first kappa shape index (κ1) is 14.6. The lowest BCUT2D eigenvalue weighted by Gasteiger charge is -2.14. The molecule has 0 aromatic heterocycles. The molecule has 0 saturated heterocycles. The third-order valence-corrected chi connectivity index (χ3v) is 3.86. The zero-order valence-electron chi connectivity index (χ0n) is 8.92. The van der Waals surface area contributed by atoms with Crippen molar-refractivity contribution in [2.24, 2.45) is 0 Å². The van der Waals surface area contributed by atoms with Crippen LogP contribution in [0.25, 0.3) is 0 Å². The summed E-state index contributed by atoms with van der Waals surface area (Å²) >= 11 is 6.43. The van der Waals surface area contributed by atoms with E-state index in [2.05, 4.69) is 36.6 Å². The van der Waals surface area contributed by atoms with Gasteiger partial charge in [0.15, 0.2) is 0 Å². The predicted molar refractivity (Wildman–Crippen MR) is 68.1 cm³/mol.